The SMILES string of the molecule is CCO/C=N\OCCCC(=O)OCC. The molecule has 0 bridgehead atoms. The van der Waals surface area contributed by atoms with E-state index >= 15 is 0 Å². The van der Waals surface area contributed by atoms with Gasteiger partial charge >= 0.3 is 5.97 Å². The lowest BCUT2D eigenvalue weighted by Gasteiger charge is -2.00. The van der Waals surface area contributed by atoms with Crippen LogP contribution in [0.15, 0.2) is 5.16 Å². The fourth-order valence-electron chi connectivity index (χ4n) is 0.702. The molecule has 0 fully saturated rings. The predicted molar refractivity (Wildman–Crippen MR) is 51.9 cm³/mol. The first-order valence-corrected chi connectivity index (χ1v) is 4.72. The smallest absolute Gasteiger partial charge is 0.305 e. The van der Waals surface area contributed by atoms with Crippen LogP contribution in [0, 0.1) is 0 Å². The van der Waals surface area contributed by atoms with E-state index in [1.165, 1.54) is 6.40 Å². The number of carbonyl (C=O) groups excluding carboxylic acids is 1. The Hall–Kier alpha value is -1.26. The first kappa shape index (κ1) is 12.7. The zero-order chi connectivity index (χ0) is 10.6. The van der Waals surface area contributed by atoms with Crippen molar-refractivity contribution in [3.63, 3.8) is 0 Å². The third-order valence-corrected chi connectivity index (χ3v) is 1.28. The molecule has 0 aliphatic rings. The summed E-state index contributed by atoms with van der Waals surface area (Å²) in [5.41, 5.74) is 0. The molecule has 0 aromatic rings. The third-order valence-electron chi connectivity index (χ3n) is 1.28. The summed E-state index contributed by atoms with van der Waals surface area (Å²) in [5.74, 6) is -0.204. The van der Waals surface area contributed by atoms with Gasteiger partial charge in [0.25, 0.3) is 0 Å². The fourth-order valence-corrected chi connectivity index (χ4v) is 0.702. The normalized spacial score (nSPS) is 10.1. The van der Waals surface area contributed by atoms with Crippen LogP contribution in [-0.2, 0) is 19.1 Å². The van der Waals surface area contributed by atoms with E-state index in [-0.39, 0.29) is 5.97 Å². The third kappa shape index (κ3) is 8.83. The number of ether oxygens (including phenoxy) is 2. The van der Waals surface area contributed by atoms with Gasteiger partial charge in [0.1, 0.15) is 6.61 Å². The molecule has 0 N–H and O–H groups in total. The summed E-state index contributed by atoms with van der Waals surface area (Å²) in [5, 5.41) is 3.50. The molecule has 0 heterocycles. The van der Waals surface area contributed by atoms with Gasteiger partial charge in [-0.3, -0.25) is 4.79 Å². The summed E-state index contributed by atoms with van der Waals surface area (Å²) in [6.07, 6.45) is 2.20. The molecule has 0 saturated heterocycles. The Labute approximate surface area is 84.0 Å². The molecule has 0 aliphatic heterocycles. The van der Waals surface area contributed by atoms with Crippen LogP contribution in [0.2, 0.25) is 0 Å². The minimum Gasteiger partial charge on any atom is -0.481 e. The number of carbonyl (C=O) groups is 1. The maximum absolute atomic E-state index is 10.8. The van der Waals surface area contributed by atoms with Gasteiger partial charge in [-0.25, -0.2) is 0 Å². The van der Waals surface area contributed by atoms with Crippen LogP contribution in [0.4, 0.5) is 0 Å². The van der Waals surface area contributed by atoms with Crippen molar-refractivity contribution in [2.45, 2.75) is 26.7 Å². The molecule has 0 aliphatic carbocycles. The van der Waals surface area contributed by atoms with E-state index in [0.717, 1.165) is 0 Å². The zero-order valence-electron chi connectivity index (χ0n) is 8.69. The van der Waals surface area contributed by atoms with Crippen molar-refractivity contribution >= 4 is 12.4 Å². The minimum atomic E-state index is -0.204. The van der Waals surface area contributed by atoms with Crippen LogP contribution < -0.4 is 0 Å². The summed E-state index contributed by atoms with van der Waals surface area (Å²) < 4.78 is 9.52. The van der Waals surface area contributed by atoms with Gasteiger partial charge in [0.2, 0.25) is 6.40 Å². The number of esters is 1. The van der Waals surface area contributed by atoms with E-state index in [2.05, 4.69) is 5.16 Å². The molecule has 14 heavy (non-hydrogen) atoms. The second-order valence-corrected chi connectivity index (χ2v) is 2.41. The van der Waals surface area contributed by atoms with Crippen molar-refractivity contribution in [1.29, 1.82) is 0 Å². The summed E-state index contributed by atoms with van der Waals surface area (Å²) in [4.78, 5) is 15.6. The number of oxime groups is 1. The van der Waals surface area contributed by atoms with Crippen molar-refractivity contribution < 1.29 is 19.1 Å². The van der Waals surface area contributed by atoms with Crippen molar-refractivity contribution in [3.05, 3.63) is 0 Å². The van der Waals surface area contributed by atoms with Gasteiger partial charge in [-0.15, -0.1) is 0 Å². The highest BCUT2D eigenvalue weighted by Gasteiger charge is 1.99. The number of rotatable bonds is 8. The Morgan fingerprint density at radius 3 is 2.79 bits per heavy atom. The molecule has 0 amide bonds. The maximum Gasteiger partial charge on any atom is 0.305 e. The number of nitrogens with zero attached hydrogens (tertiary/aromatic N) is 1. The quantitative estimate of drug-likeness (QED) is 0.196. The van der Waals surface area contributed by atoms with Crippen LogP contribution in [0.1, 0.15) is 26.7 Å². The van der Waals surface area contributed by atoms with Crippen molar-refractivity contribution in [3.8, 4) is 0 Å². The second-order valence-electron chi connectivity index (χ2n) is 2.41. The molecule has 5 heteroatoms. The number of hydrogen-bond donors (Lipinski definition) is 0. The largest absolute Gasteiger partial charge is 0.481 e. The molecule has 0 rings (SSSR count). The van der Waals surface area contributed by atoms with Gasteiger partial charge in [0.15, 0.2) is 0 Å². The van der Waals surface area contributed by atoms with Gasteiger partial charge in [-0.2, -0.15) is 0 Å². The van der Waals surface area contributed by atoms with E-state index in [1.54, 1.807) is 6.92 Å². The second kappa shape index (κ2) is 9.83. The molecule has 0 spiro atoms. The molecule has 0 aromatic carbocycles. The van der Waals surface area contributed by atoms with Crippen LogP contribution in [-0.4, -0.2) is 32.2 Å². The summed E-state index contributed by atoms with van der Waals surface area (Å²) in [7, 11) is 0. The van der Waals surface area contributed by atoms with Gasteiger partial charge in [-0.05, 0) is 20.3 Å². The summed E-state index contributed by atoms with van der Waals surface area (Å²) >= 11 is 0. The molecule has 0 unspecified atom stereocenters. The molecule has 5 nitrogen and oxygen atoms in total. The van der Waals surface area contributed by atoms with E-state index in [0.29, 0.717) is 32.7 Å². The van der Waals surface area contributed by atoms with Gasteiger partial charge in [0.05, 0.1) is 13.2 Å². The van der Waals surface area contributed by atoms with Crippen molar-refractivity contribution in [2.75, 3.05) is 19.8 Å². The number of hydrogen-bond acceptors (Lipinski definition) is 5. The summed E-state index contributed by atoms with van der Waals surface area (Å²) in [6, 6.07) is 0. The standard InChI is InChI=1S/C9H17NO4/c1-3-12-8-10-14-7-5-6-9(11)13-4-2/h8H,3-7H2,1-2H3/b10-8-. The molecule has 0 atom stereocenters. The lowest BCUT2D eigenvalue weighted by atomic mass is 10.3. The average molecular weight is 203 g/mol. The predicted octanol–water partition coefficient (Wildman–Crippen LogP) is 1.33. The lowest BCUT2D eigenvalue weighted by Crippen LogP contribution is -2.04. The van der Waals surface area contributed by atoms with E-state index in [4.69, 9.17) is 14.3 Å². The van der Waals surface area contributed by atoms with Crippen molar-refractivity contribution in [1.82, 2.24) is 0 Å². The lowest BCUT2D eigenvalue weighted by molar-refractivity contribution is -0.143. The summed E-state index contributed by atoms with van der Waals surface area (Å²) in [6.45, 7) is 5.01. The van der Waals surface area contributed by atoms with Crippen LogP contribution >= 0.6 is 0 Å². The highest BCUT2D eigenvalue weighted by atomic mass is 16.6. The van der Waals surface area contributed by atoms with Crippen LogP contribution in [0.25, 0.3) is 0 Å². The van der Waals surface area contributed by atoms with Crippen LogP contribution in [0.3, 0.4) is 0 Å². The van der Waals surface area contributed by atoms with Gasteiger partial charge in [0, 0.05) is 6.42 Å². The maximum atomic E-state index is 10.8. The Morgan fingerprint density at radius 2 is 2.14 bits per heavy atom. The minimum absolute atomic E-state index is 0.204. The van der Waals surface area contributed by atoms with E-state index in [9.17, 15) is 4.79 Å². The molecule has 0 aromatic heterocycles. The Morgan fingerprint density at radius 1 is 1.36 bits per heavy atom. The van der Waals surface area contributed by atoms with Crippen molar-refractivity contribution in [2.24, 2.45) is 5.16 Å². The molecular formula is C9H17NO4. The first-order valence-electron chi connectivity index (χ1n) is 4.72. The average Bonchev–Trinajstić information content (AvgIpc) is 2.17. The molecular weight excluding hydrogens is 186 g/mol. The highest BCUT2D eigenvalue weighted by molar-refractivity contribution is 5.69. The van der Waals surface area contributed by atoms with Crippen LogP contribution in [0.5, 0.6) is 0 Å². The Balaban J connectivity index is 3.16. The Kier molecular flexibility index (Phi) is 8.94. The highest BCUT2D eigenvalue weighted by Crippen LogP contribution is 1.93. The topological polar surface area (TPSA) is 57.1 Å². The molecule has 0 radical (unpaired) electrons. The monoisotopic (exact) mass is 203 g/mol. The van der Waals surface area contributed by atoms with Gasteiger partial charge < -0.3 is 14.3 Å². The Bertz CT molecular complexity index is 170. The molecule has 0 saturated carbocycles. The molecule has 82 valence electrons. The van der Waals surface area contributed by atoms with Gasteiger partial charge in [-0.1, -0.05) is 5.16 Å². The first-order chi connectivity index (χ1) is 6.81. The van der Waals surface area contributed by atoms with E-state index < -0.39 is 0 Å². The fraction of sp³-hybridized carbons (Fsp3) is 0.778. The van der Waals surface area contributed by atoms with E-state index in [1.807, 2.05) is 6.92 Å². The zero-order valence-corrected chi connectivity index (χ0v) is 8.69.